The maximum absolute atomic E-state index is 11.9. The van der Waals surface area contributed by atoms with Crippen LogP contribution in [0.4, 0.5) is 0 Å². The van der Waals surface area contributed by atoms with Crippen molar-refractivity contribution in [3.8, 4) is 0 Å². The van der Waals surface area contributed by atoms with Crippen LogP contribution in [0.15, 0.2) is 29.3 Å². The van der Waals surface area contributed by atoms with Crippen molar-refractivity contribution in [1.82, 2.24) is 20.4 Å². The van der Waals surface area contributed by atoms with Gasteiger partial charge in [-0.2, -0.15) is 0 Å². The quantitative estimate of drug-likeness (QED) is 0.338. The number of hydrogen-bond donors (Lipinski definition) is 2. The van der Waals surface area contributed by atoms with Crippen LogP contribution in [0.2, 0.25) is 0 Å². The molecule has 170 valence electrons. The molecule has 1 aliphatic heterocycles. The zero-order valence-corrected chi connectivity index (χ0v) is 21.8. The Morgan fingerprint density at radius 3 is 2.27 bits per heavy atom. The number of carbonyl (C=O) groups is 1. The van der Waals surface area contributed by atoms with E-state index >= 15 is 0 Å². The van der Waals surface area contributed by atoms with E-state index in [4.69, 9.17) is 4.99 Å². The van der Waals surface area contributed by atoms with Gasteiger partial charge in [-0.15, -0.1) is 24.0 Å². The minimum absolute atomic E-state index is 0. The summed E-state index contributed by atoms with van der Waals surface area (Å²) in [6, 6.07) is 9.15. The van der Waals surface area contributed by atoms with E-state index in [2.05, 4.69) is 67.5 Å². The lowest BCUT2D eigenvalue weighted by Crippen LogP contribution is -2.50. The first-order valence-electron chi connectivity index (χ1n) is 10.8. The molecule has 1 heterocycles. The Hall–Kier alpha value is -1.35. The number of piperidine rings is 1. The van der Waals surface area contributed by atoms with Crippen LogP contribution < -0.4 is 10.6 Å². The number of aliphatic imine (C=N–C) groups is 1. The lowest BCUT2D eigenvalue weighted by molar-refractivity contribution is -0.130. The van der Waals surface area contributed by atoms with E-state index in [1.54, 1.807) is 4.90 Å². The van der Waals surface area contributed by atoms with Gasteiger partial charge >= 0.3 is 0 Å². The Balaban J connectivity index is 0.00000450. The Labute approximate surface area is 199 Å². The summed E-state index contributed by atoms with van der Waals surface area (Å²) in [5, 5.41) is 6.93. The summed E-state index contributed by atoms with van der Waals surface area (Å²) in [6.07, 6.45) is 2.04. The lowest BCUT2D eigenvalue weighted by Gasteiger charge is -2.33. The predicted molar refractivity (Wildman–Crippen MR) is 137 cm³/mol. The molecule has 6 nitrogen and oxygen atoms in total. The first-order chi connectivity index (χ1) is 13.7. The zero-order chi connectivity index (χ0) is 21.4. The summed E-state index contributed by atoms with van der Waals surface area (Å²) in [6.45, 7) is 12.7. The molecule has 1 fully saturated rings. The molecule has 2 rings (SSSR count). The number of likely N-dealkylation sites (tertiary alicyclic amines) is 1. The second-order valence-electron chi connectivity index (χ2n) is 9.13. The molecule has 0 bridgehead atoms. The molecule has 0 atom stereocenters. The van der Waals surface area contributed by atoms with Crippen molar-refractivity contribution in [2.45, 2.75) is 58.5 Å². The van der Waals surface area contributed by atoms with E-state index in [1.807, 2.05) is 14.1 Å². The third kappa shape index (κ3) is 8.79. The number of nitrogens with zero attached hydrogens (tertiary/aromatic N) is 3. The van der Waals surface area contributed by atoms with Crippen LogP contribution >= 0.6 is 24.0 Å². The lowest BCUT2D eigenvalue weighted by atomic mass is 9.87. The van der Waals surface area contributed by atoms with Gasteiger partial charge < -0.3 is 15.5 Å². The van der Waals surface area contributed by atoms with Crippen LogP contribution in [0.25, 0.3) is 0 Å². The van der Waals surface area contributed by atoms with Crippen molar-refractivity contribution in [3.63, 3.8) is 0 Å². The van der Waals surface area contributed by atoms with Gasteiger partial charge in [-0.05, 0) is 36.3 Å². The molecule has 0 aromatic heterocycles. The monoisotopic (exact) mass is 529 g/mol. The third-order valence-electron chi connectivity index (χ3n) is 5.37. The summed E-state index contributed by atoms with van der Waals surface area (Å²) in [5.41, 5.74) is 2.73. The number of benzene rings is 1. The fraction of sp³-hybridized carbons (Fsp3) is 0.652. The first kappa shape index (κ1) is 26.7. The molecule has 1 aliphatic rings. The van der Waals surface area contributed by atoms with E-state index in [1.165, 1.54) is 11.1 Å². The summed E-state index contributed by atoms with van der Waals surface area (Å²) >= 11 is 0. The number of guanidine groups is 1. The summed E-state index contributed by atoms with van der Waals surface area (Å²) in [7, 11) is 3.62. The highest BCUT2D eigenvalue weighted by molar-refractivity contribution is 14.0. The molecule has 1 aromatic rings. The number of carbonyl (C=O) groups excluding carboxylic acids is 1. The molecule has 0 spiro atoms. The van der Waals surface area contributed by atoms with Gasteiger partial charge in [-0.25, -0.2) is 4.99 Å². The Morgan fingerprint density at radius 2 is 1.77 bits per heavy atom. The predicted octanol–water partition coefficient (Wildman–Crippen LogP) is 3.21. The van der Waals surface area contributed by atoms with Crippen molar-refractivity contribution >= 4 is 35.8 Å². The van der Waals surface area contributed by atoms with Gasteiger partial charge in [0.25, 0.3) is 0 Å². The molecular weight excluding hydrogens is 489 g/mol. The maximum atomic E-state index is 11.9. The second kappa shape index (κ2) is 12.5. The summed E-state index contributed by atoms with van der Waals surface area (Å²) in [5.74, 6) is 1.04. The topological polar surface area (TPSA) is 60.0 Å². The molecule has 7 heteroatoms. The van der Waals surface area contributed by atoms with Crippen molar-refractivity contribution in [3.05, 3.63) is 35.4 Å². The Bertz CT molecular complexity index is 674. The number of nitrogens with one attached hydrogen (secondary N) is 2. The van der Waals surface area contributed by atoms with E-state index in [-0.39, 0.29) is 35.3 Å². The molecule has 30 heavy (non-hydrogen) atoms. The van der Waals surface area contributed by atoms with E-state index in [0.717, 1.165) is 38.4 Å². The van der Waals surface area contributed by atoms with Gasteiger partial charge in [0.1, 0.15) is 0 Å². The van der Waals surface area contributed by atoms with Gasteiger partial charge in [0, 0.05) is 39.8 Å². The molecule has 2 N–H and O–H groups in total. The minimum Gasteiger partial charge on any atom is -0.357 e. The molecule has 1 saturated heterocycles. The summed E-state index contributed by atoms with van der Waals surface area (Å²) < 4.78 is 0. The highest BCUT2D eigenvalue weighted by atomic mass is 127. The highest BCUT2D eigenvalue weighted by Crippen LogP contribution is 2.22. The third-order valence-corrected chi connectivity index (χ3v) is 5.37. The van der Waals surface area contributed by atoms with Gasteiger partial charge in [-0.3, -0.25) is 9.69 Å². The van der Waals surface area contributed by atoms with Gasteiger partial charge in [-0.1, -0.05) is 45.0 Å². The fourth-order valence-corrected chi connectivity index (χ4v) is 3.36. The van der Waals surface area contributed by atoms with Crippen LogP contribution in [-0.4, -0.2) is 68.0 Å². The zero-order valence-electron chi connectivity index (χ0n) is 19.5. The summed E-state index contributed by atoms with van der Waals surface area (Å²) in [4.78, 5) is 20.6. The van der Waals surface area contributed by atoms with Crippen molar-refractivity contribution in [2.24, 2.45) is 4.99 Å². The van der Waals surface area contributed by atoms with Crippen LogP contribution in [0, 0.1) is 0 Å². The number of hydrogen-bond acceptors (Lipinski definition) is 3. The largest absolute Gasteiger partial charge is 0.357 e. The standard InChI is InChI=1S/C23H39N5O.HI/c1-7-24-22(25-16-18-8-10-19(11-9-18)23(2,3)4)26-20-12-14-28(15-13-20)17-21(29)27(5)6;/h8-11,20H,7,12-17H2,1-6H3,(H2,24,25,26);1H. The normalized spacial score (nSPS) is 16.0. The first-order valence-corrected chi connectivity index (χ1v) is 10.8. The second-order valence-corrected chi connectivity index (χ2v) is 9.13. The molecule has 0 saturated carbocycles. The van der Waals surface area contributed by atoms with Crippen LogP contribution in [0.1, 0.15) is 51.7 Å². The average Bonchev–Trinajstić information content (AvgIpc) is 2.67. The SMILES string of the molecule is CCNC(=NCc1ccc(C(C)(C)C)cc1)NC1CCN(CC(=O)N(C)C)CC1.I. The maximum Gasteiger partial charge on any atom is 0.236 e. The molecular formula is C23H40IN5O. The molecule has 1 aromatic carbocycles. The van der Waals surface area contributed by atoms with Gasteiger partial charge in [0.2, 0.25) is 5.91 Å². The van der Waals surface area contributed by atoms with E-state index in [0.29, 0.717) is 19.1 Å². The van der Waals surface area contributed by atoms with Crippen molar-refractivity contribution in [2.75, 3.05) is 40.3 Å². The Kier molecular flexibility index (Phi) is 11.1. The van der Waals surface area contributed by atoms with Crippen LogP contribution in [-0.2, 0) is 16.8 Å². The highest BCUT2D eigenvalue weighted by Gasteiger charge is 2.22. The van der Waals surface area contributed by atoms with Crippen molar-refractivity contribution in [1.29, 1.82) is 0 Å². The Morgan fingerprint density at radius 1 is 1.17 bits per heavy atom. The molecule has 1 amide bonds. The van der Waals surface area contributed by atoms with Gasteiger partial charge in [0.05, 0.1) is 13.1 Å². The fourth-order valence-electron chi connectivity index (χ4n) is 3.36. The molecule has 0 unspecified atom stereocenters. The number of rotatable bonds is 6. The molecule has 0 aliphatic carbocycles. The smallest absolute Gasteiger partial charge is 0.236 e. The van der Waals surface area contributed by atoms with Crippen LogP contribution in [0.3, 0.4) is 0 Å². The van der Waals surface area contributed by atoms with Gasteiger partial charge in [0.15, 0.2) is 5.96 Å². The number of halogens is 1. The molecule has 0 radical (unpaired) electrons. The minimum atomic E-state index is 0. The van der Waals surface area contributed by atoms with E-state index < -0.39 is 0 Å². The number of amides is 1. The number of likely N-dealkylation sites (N-methyl/N-ethyl adjacent to an activating group) is 1. The van der Waals surface area contributed by atoms with E-state index in [9.17, 15) is 4.79 Å². The van der Waals surface area contributed by atoms with Crippen LogP contribution in [0.5, 0.6) is 0 Å². The average molecular weight is 530 g/mol. The van der Waals surface area contributed by atoms with Crippen molar-refractivity contribution < 1.29 is 4.79 Å².